The molecule has 2 nitrogen and oxygen atoms in total. The van der Waals surface area contributed by atoms with E-state index in [-0.39, 0.29) is 0 Å². The van der Waals surface area contributed by atoms with Gasteiger partial charge in [0.1, 0.15) is 12.4 Å². The summed E-state index contributed by atoms with van der Waals surface area (Å²) in [7, 11) is 0. The highest BCUT2D eigenvalue weighted by Gasteiger charge is 1.96. The molecular formula is C13H19NO. The van der Waals surface area contributed by atoms with E-state index in [0.717, 1.165) is 12.3 Å². The molecule has 1 aromatic carbocycles. The summed E-state index contributed by atoms with van der Waals surface area (Å²) in [5, 5.41) is 3.37. The molecule has 0 spiro atoms. The van der Waals surface area contributed by atoms with Crippen molar-refractivity contribution in [2.24, 2.45) is 0 Å². The van der Waals surface area contributed by atoms with Gasteiger partial charge >= 0.3 is 0 Å². The zero-order valence-electron chi connectivity index (χ0n) is 9.49. The molecule has 1 aromatic rings. The topological polar surface area (TPSA) is 21.3 Å². The first-order chi connectivity index (χ1) is 7.22. The molecular weight excluding hydrogens is 186 g/mol. The summed E-state index contributed by atoms with van der Waals surface area (Å²) >= 11 is 0. The molecule has 82 valence electrons. The van der Waals surface area contributed by atoms with E-state index in [1.165, 1.54) is 5.56 Å². The molecule has 2 heteroatoms. The van der Waals surface area contributed by atoms with Crippen LogP contribution in [0.25, 0.3) is 0 Å². The van der Waals surface area contributed by atoms with E-state index in [0.29, 0.717) is 12.6 Å². The Morgan fingerprint density at radius 3 is 2.53 bits per heavy atom. The molecule has 0 radical (unpaired) electrons. The maximum Gasteiger partial charge on any atom is 0.119 e. The lowest BCUT2D eigenvalue weighted by Gasteiger charge is -2.08. The van der Waals surface area contributed by atoms with Crippen LogP contribution >= 0.6 is 0 Å². The Morgan fingerprint density at radius 2 is 2.00 bits per heavy atom. The third kappa shape index (κ3) is 4.66. The number of hydrogen-bond acceptors (Lipinski definition) is 2. The average molecular weight is 205 g/mol. The van der Waals surface area contributed by atoms with Crippen molar-refractivity contribution >= 4 is 0 Å². The molecule has 0 heterocycles. The highest BCUT2D eigenvalue weighted by molar-refractivity contribution is 5.27. The lowest BCUT2D eigenvalue weighted by Crippen LogP contribution is -2.21. The molecule has 0 unspecified atom stereocenters. The van der Waals surface area contributed by atoms with Crippen molar-refractivity contribution in [3.05, 3.63) is 42.5 Å². The number of benzene rings is 1. The monoisotopic (exact) mass is 205 g/mol. The standard InChI is InChI=1S/C13H19NO/c1-4-9-15-13-7-5-12(6-8-13)10-14-11(2)3/h4-8,11,14H,1,9-10H2,2-3H3. The second kappa shape index (κ2) is 6.25. The highest BCUT2D eigenvalue weighted by Crippen LogP contribution is 2.12. The largest absolute Gasteiger partial charge is 0.490 e. The molecule has 0 atom stereocenters. The molecule has 0 aliphatic rings. The van der Waals surface area contributed by atoms with Crippen LogP contribution < -0.4 is 10.1 Å². The molecule has 0 bridgehead atoms. The second-order valence-corrected chi connectivity index (χ2v) is 3.78. The van der Waals surface area contributed by atoms with E-state index < -0.39 is 0 Å². The van der Waals surface area contributed by atoms with Gasteiger partial charge in [-0.05, 0) is 17.7 Å². The maximum absolute atomic E-state index is 5.40. The van der Waals surface area contributed by atoms with Gasteiger partial charge in [-0.2, -0.15) is 0 Å². The molecule has 15 heavy (non-hydrogen) atoms. The average Bonchev–Trinajstić information content (AvgIpc) is 2.25. The SMILES string of the molecule is C=CCOc1ccc(CNC(C)C)cc1. The fourth-order valence-corrected chi connectivity index (χ4v) is 1.18. The summed E-state index contributed by atoms with van der Waals surface area (Å²) in [4.78, 5) is 0. The Kier molecular flexibility index (Phi) is 4.91. The lowest BCUT2D eigenvalue weighted by molar-refractivity contribution is 0.363. The van der Waals surface area contributed by atoms with Crippen LogP contribution in [0.4, 0.5) is 0 Å². The van der Waals surface area contributed by atoms with Crippen molar-refractivity contribution < 1.29 is 4.74 Å². The Hall–Kier alpha value is -1.28. The van der Waals surface area contributed by atoms with Gasteiger partial charge in [-0.3, -0.25) is 0 Å². The summed E-state index contributed by atoms with van der Waals surface area (Å²) in [6.07, 6.45) is 1.74. The van der Waals surface area contributed by atoms with Crippen molar-refractivity contribution in [2.75, 3.05) is 6.61 Å². The first-order valence-electron chi connectivity index (χ1n) is 5.28. The first-order valence-corrected chi connectivity index (χ1v) is 5.28. The van der Waals surface area contributed by atoms with Crippen molar-refractivity contribution in [3.63, 3.8) is 0 Å². The van der Waals surface area contributed by atoms with Crippen molar-refractivity contribution in [2.45, 2.75) is 26.4 Å². The van der Waals surface area contributed by atoms with Gasteiger partial charge < -0.3 is 10.1 Å². The Bertz CT molecular complexity index is 290. The second-order valence-electron chi connectivity index (χ2n) is 3.78. The van der Waals surface area contributed by atoms with Gasteiger partial charge in [-0.15, -0.1) is 0 Å². The van der Waals surface area contributed by atoms with Crippen LogP contribution in [-0.2, 0) is 6.54 Å². The lowest BCUT2D eigenvalue weighted by atomic mass is 10.2. The summed E-state index contributed by atoms with van der Waals surface area (Å²) < 4.78 is 5.40. The molecule has 0 aromatic heterocycles. The highest BCUT2D eigenvalue weighted by atomic mass is 16.5. The normalized spacial score (nSPS) is 10.3. The van der Waals surface area contributed by atoms with Gasteiger partial charge in [-0.25, -0.2) is 0 Å². The number of ether oxygens (including phenoxy) is 1. The number of nitrogens with one attached hydrogen (secondary N) is 1. The molecule has 0 amide bonds. The molecule has 1 N–H and O–H groups in total. The first kappa shape index (κ1) is 11.8. The Labute approximate surface area is 92.0 Å². The fourth-order valence-electron chi connectivity index (χ4n) is 1.18. The maximum atomic E-state index is 5.40. The smallest absolute Gasteiger partial charge is 0.119 e. The predicted molar refractivity (Wildman–Crippen MR) is 64.1 cm³/mol. The molecule has 0 aliphatic heterocycles. The summed E-state index contributed by atoms with van der Waals surface area (Å²) in [5.74, 6) is 0.892. The Morgan fingerprint density at radius 1 is 1.33 bits per heavy atom. The molecule has 0 saturated heterocycles. The zero-order valence-corrected chi connectivity index (χ0v) is 9.49. The van der Waals surface area contributed by atoms with E-state index in [1.54, 1.807) is 6.08 Å². The van der Waals surface area contributed by atoms with Crippen LogP contribution in [0.3, 0.4) is 0 Å². The van der Waals surface area contributed by atoms with Crippen LogP contribution in [0.5, 0.6) is 5.75 Å². The third-order valence-electron chi connectivity index (χ3n) is 2.01. The summed E-state index contributed by atoms with van der Waals surface area (Å²) in [6, 6.07) is 8.64. The van der Waals surface area contributed by atoms with Gasteiger partial charge in [0.05, 0.1) is 0 Å². The van der Waals surface area contributed by atoms with E-state index in [4.69, 9.17) is 4.74 Å². The minimum atomic E-state index is 0.515. The summed E-state index contributed by atoms with van der Waals surface area (Å²) in [5.41, 5.74) is 1.27. The minimum Gasteiger partial charge on any atom is -0.490 e. The van der Waals surface area contributed by atoms with E-state index in [2.05, 4.69) is 37.9 Å². The van der Waals surface area contributed by atoms with Crippen molar-refractivity contribution in [3.8, 4) is 5.75 Å². The Balaban J connectivity index is 2.45. The number of hydrogen-bond donors (Lipinski definition) is 1. The molecule has 0 fully saturated rings. The van der Waals surface area contributed by atoms with E-state index in [1.807, 2.05) is 12.1 Å². The van der Waals surface area contributed by atoms with E-state index >= 15 is 0 Å². The molecule has 0 aliphatic carbocycles. The van der Waals surface area contributed by atoms with Crippen molar-refractivity contribution in [1.82, 2.24) is 5.32 Å². The quantitative estimate of drug-likeness (QED) is 0.721. The molecule has 0 saturated carbocycles. The van der Waals surface area contributed by atoms with Gasteiger partial charge in [0.25, 0.3) is 0 Å². The van der Waals surface area contributed by atoms with Crippen LogP contribution in [-0.4, -0.2) is 12.6 Å². The third-order valence-corrected chi connectivity index (χ3v) is 2.01. The minimum absolute atomic E-state index is 0.515. The van der Waals surface area contributed by atoms with Crippen LogP contribution in [0.1, 0.15) is 19.4 Å². The van der Waals surface area contributed by atoms with E-state index in [9.17, 15) is 0 Å². The van der Waals surface area contributed by atoms with Crippen LogP contribution in [0.2, 0.25) is 0 Å². The predicted octanol–water partition coefficient (Wildman–Crippen LogP) is 2.75. The van der Waals surface area contributed by atoms with Gasteiger partial charge in [0, 0.05) is 12.6 Å². The summed E-state index contributed by atoms with van der Waals surface area (Å²) in [6.45, 7) is 9.35. The fraction of sp³-hybridized carbons (Fsp3) is 0.385. The van der Waals surface area contributed by atoms with Gasteiger partial charge in [0.15, 0.2) is 0 Å². The van der Waals surface area contributed by atoms with Crippen LogP contribution in [0, 0.1) is 0 Å². The van der Waals surface area contributed by atoms with Gasteiger partial charge in [-0.1, -0.05) is 38.6 Å². The zero-order chi connectivity index (χ0) is 11.1. The molecule has 1 rings (SSSR count). The van der Waals surface area contributed by atoms with Crippen LogP contribution in [0.15, 0.2) is 36.9 Å². The van der Waals surface area contributed by atoms with Gasteiger partial charge in [0.2, 0.25) is 0 Å². The number of rotatable bonds is 6. The van der Waals surface area contributed by atoms with Crippen molar-refractivity contribution in [1.29, 1.82) is 0 Å².